The molecule has 5 nitrogen and oxygen atoms in total. The number of hydrogen-bond acceptors (Lipinski definition) is 4. The molecular weight excluding hydrogens is 408 g/mol. The largest absolute Gasteiger partial charge is 0.246 e. The lowest BCUT2D eigenvalue weighted by molar-refractivity contribution is 0.467. The van der Waals surface area contributed by atoms with Crippen LogP contribution in [0.1, 0.15) is 6.42 Å². The van der Waals surface area contributed by atoms with Crippen LogP contribution < -0.4 is 0 Å². The molecule has 0 aliphatic carbocycles. The highest BCUT2D eigenvalue weighted by Gasteiger charge is 2.40. The van der Waals surface area contributed by atoms with Crippen LogP contribution in [0.4, 0.5) is 8.78 Å². The number of benzene rings is 2. The van der Waals surface area contributed by atoms with Crippen LogP contribution >= 0.6 is 11.6 Å². The summed E-state index contributed by atoms with van der Waals surface area (Å²) in [7, 11) is -8.12. The molecule has 0 amide bonds. The molecule has 0 spiro atoms. The normalized spacial score (nSPS) is 19.0. The van der Waals surface area contributed by atoms with Crippen LogP contribution in [0.2, 0.25) is 5.02 Å². The summed E-state index contributed by atoms with van der Waals surface area (Å²) < 4.78 is 78.5. The van der Waals surface area contributed by atoms with E-state index in [1.165, 1.54) is 24.3 Å². The summed E-state index contributed by atoms with van der Waals surface area (Å²) in [5.41, 5.74) is 0. The van der Waals surface area contributed by atoms with Crippen LogP contribution in [0.5, 0.6) is 0 Å². The molecule has 26 heavy (non-hydrogen) atoms. The van der Waals surface area contributed by atoms with E-state index in [0.717, 1.165) is 16.4 Å². The van der Waals surface area contributed by atoms with Crippen molar-refractivity contribution in [2.24, 2.45) is 0 Å². The van der Waals surface area contributed by atoms with Crippen molar-refractivity contribution in [3.8, 4) is 0 Å². The Morgan fingerprint density at radius 3 is 2.31 bits per heavy atom. The zero-order chi connectivity index (χ0) is 19.1. The molecule has 1 aliphatic rings. The second-order valence-corrected chi connectivity index (χ2v) is 10.4. The number of hydrogen-bond donors (Lipinski definition) is 0. The number of rotatable bonds is 4. The molecule has 0 aromatic heterocycles. The van der Waals surface area contributed by atoms with Gasteiger partial charge in [-0.15, -0.1) is 0 Å². The summed E-state index contributed by atoms with van der Waals surface area (Å²) in [5, 5.41) is -0.601. The van der Waals surface area contributed by atoms with Gasteiger partial charge in [0.1, 0.15) is 16.5 Å². The Balaban J connectivity index is 1.88. The topological polar surface area (TPSA) is 71.5 Å². The Labute approximate surface area is 155 Å². The first kappa shape index (κ1) is 19.2. The summed E-state index contributed by atoms with van der Waals surface area (Å²) in [6.45, 7) is -0.432. The molecule has 0 bridgehead atoms. The molecule has 140 valence electrons. The molecule has 1 atom stereocenters. The Morgan fingerprint density at radius 1 is 1.00 bits per heavy atom. The van der Waals surface area contributed by atoms with Crippen LogP contribution in [0.3, 0.4) is 0 Å². The number of sulfone groups is 1. The van der Waals surface area contributed by atoms with Crippen molar-refractivity contribution in [3.05, 3.63) is 59.1 Å². The quantitative estimate of drug-likeness (QED) is 0.761. The summed E-state index contributed by atoms with van der Waals surface area (Å²) in [6, 6.07) is 7.68. The molecule has 2 aromatic rings. The lowest BCUT2D eigenvalue weighted by Crippen LogP contribution is -2.32. The maximum absolute atomic E-state index is 13.8. The molecule has 10 heteroatoms. The van der Waals surface area contributed by atoms with E-state index in [4.69, 9.17) is 11.6 Å². The van der Waals surface area contributed by atoms with Crippen LogP contribution in [0.15, 0.2) is 52.3 Å². The van der Waals surface area contributed by atoms with Crippen molar-refractivity contribution in [1.82, 2.24) is 4.31 Å². The second kappa shape index (κ2) is 6.88. The number of nitrogens with zero attached hydrogens (tertiary/aromatic N) is 1. The van der Waals surface area contributed by atoms with Crippen LogP contribution in [-0.2, 0) is 19.9 Å². The minimum atomic E-state index is -4.34. The Kier molecular flexibility index (Phi) is 5.08. The van der Waals surface area contributed by atoms with Gasteiger partial charge in [-0.25, -0.2) is 25.6 Å². The molecule has 0 N–H and O–H groups in total. The Morgan fingerprint density at radius 2 is 1.65 bits per heavy atom. The van der Waals surface area contributed by atoms with E-state index in [1.54, 1.807) is 0 Å². The lowest BCUT2D eigenvalue weighted by Gasteiger charge is -2.17. The van der Waals surface area contributed by atoms with E-state index in [-0.39, 0.29) is 24.4 Å². The minimum absolute atomic E-state index is 0.0306. The van der Waals surface area contributed by atoms with Gasteiger partial charge in [0.15, 0.2) is 9.84 Å². The van der Waals surface area contributed by atoms with Gasteiger partial charge in [-0.2, -0.15) is 4.31 Å². The molecule has 2 aromatic carbocycles. The first-order valence-electron chi connectivity index (χ1n) is 7.57. The van der Waals surface area contributed by atoms with Crippen LogP contribution in [-0.4, -0.2) is 39.5 Å². The highest BCUT2D eigenvalue weighted by molar-refractivity contribution is 7.92. The zero-order valence-electron chi connectivity index (χ0n) is 13.3. The predicted octanol–water partition coefficient (Wildman–Crippen LogP) is 2.86. The third kappa shape index (κ3) is 3.48. The summed E-state index contributed by atoms with van der Waals surface area (Å²) in [6.07, 6.45) is 0.0567. The molecule has 3 rings (SSSR count). The maximum Gasteiger partial charge on any atom is 0.246 e. The summed E-state index contributed by atoms with van der Waals surface area (Å²) in [4.78, 5) is -0.773. The number of halogens is 3. The van der Waals surface area contributed by atoms with E-state index in [2.05, 4.69) is 0 Å². The van der Waals surface area contributed by atoms with Gasteiger partial charge in [-0.05, 0) is 48.9 Å². The molecule has 0 unspecified atom stereocenters. The fourth-order valence-corrected chi connectivity index (χ4v) is 6.29. The molecule has 1 aliphatic heterocycles. The van der Waals surface area contributed by atoms with Crippen molar-refractivity contribution < 1.29 is 25.6 Å². The monoisotopic (exact) mass is 421 g/mol. The molecule has 1 fully saturated rings. The van der Waals surface area contributed by atoms with Crippen molar-refractivity contribution >= 4 is 31.5 Å². The smallest absolute Gasteiger partial charge is 0.223 e. The van der Waals surface area contributed by atoms with Crippen molar-refractivity contribution in [3.63, 3.8) is 0 Å². The summed E-state index contributed by atoms with van der Waals surface area (Å²) in [5.74, 6) is -1.98. The zero-order valence-corrected chi connectivity index (χ0v) is 15.7. The van der Waals surface area contributed by atoms with Crippen molar-refractivity contribution in [2.45, 2.75) is 21.5 Å². The molecule has 0 saturated carbocycles. The summed E-state index contributed by atoms with van der Waals surface area (Å²) >= 11 is 5.75. The van der Waals surface area contributed by atoms with Gasteiger partial charge in [0.25, 0.3) is 0 Å². The molecular formula is C16H14ClF2NO4S2. The van der Waals surface area contributed by atoms with Gasteiger partial charge < -0.3 is 0 Å². The fourth-order valence-electron chi connectivity index (χ4n) is 2.80. The van der Waals surface area contributed by atoms with Crippen molar-refractivity contribution in [2.75, 3.05) is 13.1 Å². The maximum atomic E-state index is 13.8. The van der Waals surface area contributed by atoms with E-state index >= 15 is 0 Å². The van der Waals surface area contributed by atoms with Gasteiger partial charge in [0, 0.05) is 18.1 Å². The fraction of sp³-hybridized carbons (Fsp3) is 0.250. The third-order valence-corrected chi connectivity index (χ3v) is 8.52. The average molecular weight is 422 g/mol. The van der Waals surface area contributed by atoms with E-state index in [1.807, 2.05) is 0 Å². The lowest BCUT2D eigenvalue weighted by atomic mass is 10.3. The average Bonchev–Trinajstić information content (AvgIpc) is 3.09. The first-order valence-corrected chi connectivity index (χ1v) is 10.9. The Hall–Kier alpha value is -1.55. The van der Waals surface area contributed by atoms with Gasteiger partial charge in [-0.3, -0.25) is 0 Å². The van der Waals surface area contributed by atoms with Gasteiger partial charge in [-0.1, -0.05) is 11.6 Å². The minimum Gasteiger partial charge on any atom is -0.223 e. The SMILES string of the molecule is O=S(=O)(c1ccc(Cl)cc1)[C@H]1CCN(S(=O)(=O)c2cc(F)ccc2F)C1. The second-order valence-electron chi connectivity index (χ2n) is 5.85. The van der Waals surface area contributed by atoms with Gasteiger partial charge >= 0.3 is 0 Å². The third-order valence-electron chi connectivity index (χ3n) is 4.20. The highest BCUT2D eigenvalue weighted by Crippen LogP contribution is 2.29. The molecule has 1 saturated heterocycles. The van der Waals surface area contributed by atoms with Gasteiger partial charge in [0.05, 0.1) is 10.1 Å². The van der Waals surface area contributed by atoms with E-state index in [9.17, 15) is 25.6 Å². The van der Waals surface area contributed by atoms with Crippen LogP contribution in [0.25, 0.3) is 0 Å². The molecule has 1 heterocycles. The Bertz CT molecular complexity index is 1040. The number of sulfonamides is 1. The van der Waals surface area contributed by atoms with Crippen molar-refractivity contribution in [1.29, 1.82) is 0 Å². The predicted molar refractivity (Wildman–Crippen MR) is 92.2 cm³/mol. The highest BCUT2D eigenvalue weighted by atomic mass is 35.5. The standard InChI is InChI=1S/C16H14ClF2NO4S2/c17-11-1-4-13(5-2-11)25(21,22)14-7-8-20(10-14)26(23,24)16-9-12(18)3-6-15(16)19/h1-6,9,14H,7-8,10H2/t14-/m0/s1. The molecule has 0 radical (unpaired) electrons. The van der Waals surface area contributed by atoms with Crippen LogP contribution in [0, 0.1) is 11.6 Å². The van der Waals surface area contributed by atoms with E-state index in [0.29, 0.717) is 11.1 Å². The van der Waals surface area contributed by atoms with Gasteiger partial charge in [0.2, 0.25) is 10.0 Å². The first-order chi connectivity index (χ1) is 12.1. The van der Waals surface area contributed by atoms with E-state index < -0.39 is 41.6 Å².